The molecule has 0 bridgehead atoms. The van der Waals surface area contributed by atoms with E-state index in [4.69, 9.17) is 0 Å². The first-order valence-electron chi connectivity index (χ1n) is 9.62. The lowest BCUT2D eigenvalue weighted by atomic mass is 10.1. The number of hydrogen-bond acceptors (Lipinski definition) is 4. The fraction of sp³-hybridized carbons (Fsp3) is 0.381. The molecule has 1 saturated heterocycles. The second-order valence-electron chi connectivity index (χ2n) is 6.96. The third kappa shape index (κ3) is 6.97. The van der Waals surface area contributed by atoms with Crippen molar-refractivity contribution in [2.45, 2.75) is 32.5 Å². The van der Waals surface area contributed by atoms with Crippen LogP contribution in [0.2, 0.25) is 0 Å². The molecule has 0 aliphatic carbocycles. The number of rotatable bonds is 7. The highest BCUT2D eigenvalue weighted by atomic mass is 127. The van der Waals surface area contributed by atoms with Crippen LogP contribution in [0.15, 0.2) is 53.5 Å². The molecule has 7 nitrogen and oxygen atoms in total. The first-order valence-corrected chi connectivity index (χ1v) is 9.62. The second-order valence-corrected chi connectivity index (χ2v) is 6.96. The van der Waals surface area contributed by atoms with Crippen LogP contribution in [0, 0.1) is 10.1 Å². The summed E-state index contributed by atoms with van der Waals surface area (Å²) >= 11 is 0. The molecule has 2 N–H and O–H groups in total. The van der Waals surface area contributed by atoms with Gasteiger partial charge in [0.2, 0.25) is 0 Å². The normalized spacial score (nSPS) is 14.3. The maximum absolute atomic E-state index is 11.1. The average Bonchev–Trinajstić information content (AvgIpc) is 3.22. The number of halogens is 1. The van der Waals surface area contributed by atoms with E-state index in [0.29, 0.717) is 24.6 Å². The molecule has 0 atom stereocenters. The Morgan fingerprint density at radius 1 is 1.03 bits per heavy atom. The monoisotopic (exact) mass is 509 g/mol. The molecule has 156 valence electrons. The summed E-state index contributed by atoms with van der Waals surface area (Å²) in [6, 6.07) is 15.3. The fourth-order valence-electron chi connectivity index (χ4n) is 3.39. The van der Waals surface area contributed by atoms with Crippen molar-refractivity contribution < 1.29 is 4.92 Å². The number of nitro groups is 1. The van der Waals surface area contributed by atoms with Crippen molar-refractivity contribution in [1.29, 1.82) is 0 Å². The molecule has 2 aromatic carbocycles. The van der Waals surface area contributed by atoms with Gasteiger partial charge in [-0.15, -0.1) is 24.0 Å². The predicted molar refractivity (Wildman–Crippen MR) is 127 cm³/mol. The maximum atomic E-state index is 11.1. The molecule has 0 aromatic heterocycles. The number of nitrogens with one attached hydrogen (secondary N) is 2. The summed E-state index contributed by atoms with van der Waals surface area (Å²) in [6.45, 7) is 4.40. The molecular formula is C21H28IN5O2. The highest BCUT2D eigenvalue weighted by molar-refractivity contribution is 14.0. The topological polar surface area (TPSA) is 82.8 Å². The Bertz CT molecular complexity index is 820. The number of guanidine groups is 1. The molecule has 8 heteroatoms. The Hall–Kier alpha value is -2.20. The SMILES string of the molecule is CN=C(NCc1ccc(CN2CCCC2)cc1)NCc1ccccc1[N+](=O)[O-].I. The average molecular weight is 509 g/mol. The zero-order chi connectivity index (χ0) is 19.8. The Morgan fingerprint density at radius 2 is 1.66 bits per heavy atom. The molecule has 1 heterocycles. The summed E-state index contributed by atoms with van der Waals surface area (Å²) in [6.07, 6.45) is 2.61. The van der Waals surface area contributed by atoms with E-state index < -0.39 is 0 Å². The Morgan fingerprint density at radius 3 is 2.31 bits per heavy atom. The van der Waals surface area contributed by atoms with Crippen LogP contribution in [0.25, 0.3) is 0 Å². The minimum atomic E-state index is -0.364. The molecule has 2 aromatic rings. The van der Waals surface area contributed by atoms with E-state index in [2.05, 4.69) is 44.8 Å². The quantitative estimate of drug-likeness (QED) is 0.196. The van der Waals surface area contributed by atoms with E-state index >= 15 is 0 Å². The van der Waals surface area contributed by atoms with Crippen molar-refractivity contribution in [3.8, 4) is 0 Å². The van der Waals surface area contributed by atoms with Gasteiger partial charge in [-0.1, -0.05) is 42.5 Å². The summed E-state index contributed by atoms with van der Waals surface area (Å²) in [5.74, 6) is 0.610. The van der Waals surface area contributed by atoms with Gasteiger partial charge in [0.25, 0.3) is 5.69 Å². The molecule has 29 heavy (non-hydrogen) atoms. The van der Waals surface area contributed by atoms with E-state index in [1.165, 1.54) is 43.1 Å². The predicted octanol–water partition coefficient (Wildman–Crippen LogP) is 3.67. The van der Waals surface area contributed by atoms with Crippen LogP contribution in [0.5, 0.6) is 0 Å². The van der Waals surface area contributed by atoms with Crippen molar-refractivity contribution in [2.24, 2.45) is 4.99 Å². The van der Waals surface area contributed by atoms with Crippen LogP contribution in [0.1, 0.15) is 29.5 Å². The van der Waals surface area contributed by atoms with Gasteiger partial charge in [-0.3, -0.25) is 20.0 Å². The van der Waals surface area contributed by atoms with Gasteiger partial charge in [-0.05, 0) is 37.1 Å². The van der Waals surface area contributed by atoms with E-state index in [0.717, 1.165) is 6.54 Å². The summed E-state index contributed by atoms with van der Waals surface area (Å²) in [5.41, 5.74) is 3.24. The van der Waals surface area contributed by atoms with Crippen LogP contribution >= 0.6 is 24.0 Å². The molecule has 0 unspecified atom stereocenters. The lowest BCUT2D eigenvalue weighted by Gasteiger charge is -2.15. The van der Waals surface area contributed by atoms with Gasteiger partial charge in [-0.25, -0.2) is 0 Å². The molecular weight excluding hydrogens is 481 g/mol. The van der Waals surface area contributed by atoms with Crippen molar-refractivity contribution in [3.63, 3.8) is 0 Å². The van der Waals surface area contributed by atoms with Gasteiger partial charge < -0.3 is 10.6 Å². The molecule has 0 saturated carbocycles. The number of hydrogen-bond donors (Lipinski definition) is 2. The van der Waals surface area contributed by atoms with Crippen molar-refractivity contribution in [1.82, 2.24) is 15.5 Å². The maximum Gasteiger partial charge on any atom is 0.274 e. The van der Waals surface area contributed by atoms with Crippen LogP contribution < -0.4 is 10.6 Å². The molecule has 1 aliphatic heterocycles. The lowest BCUT2D eigenvalue weighted by Crippen LogP contribution is -2.36. The standard InChI is InChI=1S/C21H27N5O2.HI/c1-22-21(24-15-19-6-2-3-7-20(19)26(27)28)23-14-17-8-10-18(11-9-17)16-25-12-4-5-13-25;/h2-3,6-11H,4-5,12-16H2,1H3,(H2,22,23,24);1H. The van der Waals surface area contributed by atoms with Gasteiger partial charge in [0.1, 0.15) is 0 Å². The van der Waals surface area contributed by atoms with E-state index in [1.54, 1.807) is 25.2 Å². The first kappa shape index (κ1) is 23.1. The smallest absolute Gasteiger partial charge is 0.274 e. The van der Waals surface area contributed by atoms with Crippen LogP contribution in [0.3, 0.4) is 0 Å². The minimum Gasteiger partial charge on any atom is -0.352 e. The summed E-state index contributed by atoms with van der Waals surface area (Å²) in [4.78, 5) is 17.4. The highest BCUT2D eigenvalue weighted by Gasteiger charge is 2.13. The summed E-state index contributed by atoms with van der Waals surface area (Å²) in [7, 11) is 1.69. The number of para-hydroxylation sites is 1. The van der Waals surface area contributed by atoms with Crippen molar-refractivity contribution in [2.75, 3.05) is 20.1 Å². The zero-order valence-corrected chi connectivity index (χ0v) is 19.0. The van der Waals surface area contributed by atoms with Crippen LogP contribution in [-0.4, -0.2) is 35.9 Å². The number of benzene rings is 2. The van der Waals surface area contributed by atoms with Gasteiger partial charge >= 0.3 is 0 Å². The molecule has 0 radical (unpaired) electrons. The largest absolute Gasteiger partial charge is 0.352 e. The van der Waals surface area contributed by atoms with Crippen molar-refractivity contribution >= 4 is 35.6 Å². The number of nitro benzene ring substituents is 1. The summed E-state index contributed by atoms with van der Waals surface area (Å²) in [5, 5.41) is 17.5. The molecule has 0 amide bonds. The Labute approximate surface area is 188 Å². The van der Waals surface area contributed by atoms with Crippen LogP contribution in [-0.2, 0) is 19.6 Å². The summed E-state index contributed by atoms with van der Waals surface area (Å²) < 4.78 is 0. The molecule has 1 fully saturated rings. The highest BCUT2D eigenvalue weighted by Crippen LogP contribution is 2.17. The number of aliphatic imine (C=N–C) groups is 1. The third-order valence-corrected chi connectivity index (χ3v) is 4.95. The third-order valence-electron chi connectivity index (χ3n) is 4.95. The van der Waals surface area contributed by atoms with Crippen molar-refractivity contribution in [3.05, 3.63) is 75.3 Å². The van der Waals surface area contributed by atoms with E-state index in [1.807, 2.05) is 0 Å². The number of likely N-dealkylation sites (tertiary alicyclic amines) is 1. The fourth-order valence-corrected chi connectivity index (χ4v) is 3.39. The van der Waals surface area contributed by atoms with Gasteiger partial charge in [0, 0.05) is 38.3 Å². The zero-order valence-electron chi connectivity index (χ0n) is 16.6. The van der Waals surface area contributed by atoms with Gasteiger partial charge in [-0.2, -0.15) is 0 Å². The van der Waals surface area contributed by atoms with E-state index in [-0.39, 0.29) is 34.6 Å². The first-order chi connectivity index (χ1) is 13.7. The van der Waals surface area contributed by atoms with Gasteiger partial charge in [0.15, 0.2) is 5.96 Å². The Balaban J connectivity index is 0.00000300. The van der Waals surface area contributed by atoms with Crippen LogP contribution in [0.4, 0.5) is 5.69 Å². The molecule has 3 rings (SSSR count). The number of nitrogens with zero attached hydrogens (tertiary/aromatic N) is 3. The van der Waals surface area contributed by atoms with E-state index in [9.17, 15) is 10.1 Å². The second kappa shape index (κ2) is 11.7. The minimum absolute atomic E-state index is 0. The molecule has 0 spiro atoms. The molecule has 1 aliphatic rings. The Kier molecular flexibility index (Phi) is 9.33. The lowest BCUT2D eigenvalue weighted by molar-refractivity contribution is -0.385. The van der Waals surface area contributed by atoms with Gasteiger partial charge in [0.05, 0.1) is 4.92 Å².